The van der Waals surface area contributed by atoms with Crippen LogP contribution in [0, 0.1) is 0 Å². The molecule has 0 saturated heterocycles. The van der Waals surface area contributed by atoms with E-state index in [0.29, 0.717) is 11.4 Å². The van der Waals surface area contributed by atoms with Gasteiger partial charge >= 0.3 is 6.18 Å². The van der Waals surface area contributed by atoms with E-state index in [4.69, 9.17) is 4.74 Å². The molecule has 0 fully saturated rings. The molecule has 0 aliphatic rings. The number of pyridine rings is 1. The summed E-state index contributed by atoms with van der Waals surface area (Å²) in [6.07, 6.45) is -3.63. The third-order valence-corrected chi connectivity index (χ3v) is 2.66. The number of nitrogens with zero attached hydrogens (tertiary/aromatic N) is 1. The van der Waals surface area contributed by atoms with Gasteiger partial charge in [-0.25, -0.2) is 0 Å². The number of hydrogen-bond acceptors (Lipinski definition) is 3. The number of aromatic nitrogens is 1. The Morgan fingerprint density at radius 2 is 1.81 bits per heavy atom. The molecular weight excluding hydrogens is 285 g/mol. The number of methoxy groups -OCH3 is 1. The molecule has 2 rings (SSSR count). The molecule has 0 unspecified atom stereocenters. The average molecular weight is 296 g/mol. The van der Waals surface area contributed by atoms with E-state index in [1.54, 1.807) is 24.3 Å². The van der Waals surface area contributed by atoms with Crippen molar-refractivity contribution in [1.82, 2.24) is 4.98 Å². The number of hydrogen-bond donors (Lipinski definition) is 1. The Kier molecular flexibility index (Phi) is 4.11. The van der Waals surface area contributed by atoms with E-state index in [2.05, 4.69) is 10.3 Å². The molecule has 1 amide bonds. The highest BCUT2D eigenvalue weighted by Gasteiger charge is 2.32. The molecule has 4 nitrogen and oxygen atoms in total. The van der Waals surface area contributed by atoms with Crippen LogP contribution in [0.15, 0.2) is 42.6 Å². The zero-order chi connectivity index (χ0) is 15.5. The lowest BCUT2D eigenvalue weighted by Gasteiger charge is -2.08. The van der Waals surface area contributed by atoms with Crippen LogP contribution < -0.4 is 10.1 Å². The van der Waals surface area contributed by atoms with Crippen molar-refractivity contribution in [2.24, 2.45) is 0 Å². The monoisotopic (exact) mass is 296 g/mol. The van der Waals surface area contributed by atoms with Gasteiger partial charge in [-0.05, 0) is 36.4 Å². The van der Waals surface area contributed by atoms with Crippen LogP contribution in [0.2, 0.25) is 0 Å². The largest absolute Gasteiger partial charge is 0.497 e. The van der Waals surface area contributed by atoms with Crippen LogP contribution >= 0.6 is 0 Å². The Labute approximate surface area is 118 Å². The first-order valence-corrected chi connectivity index (χ1v) is 5.89. The number of rotatable bonds is 3. The van der Waals surface area contributed by atoms with Gasteiger partial charge in [-0.2, -0.15) is 13.2 Å². The molecule has 0 saturated carbocycles. The topological polar surface area (TPSA) is 51.2 Å². The van der Waals surface area contributed by atoms with Gasteiger partial charge in [0.05, 0.1) is 12.7 Å². The van der Waals surface area contributed by atoms with E-state index in [1.807, 2.05) is 0 Å². The molecule has 7 heteroatoms. The maximum atomic E-state index is 12.4. The maximum Gasteiger partial charge on any atom is 0.433 e. The van der Waals surface area contributed by atoms with Gasteiger partial charge < -0.3 is 10.1 Å². The zero-order valence-corrected chi connectivity index (χ0v) is 10.9. The minimum Gasteiger partial charge on any atom is -0.497 e. The van der Waals surface area contributed by atoms with Gasteiger partial charge in [0, 0.05) is 11.9 Å². The van der Waals surface area contributed by atoms with Crippen LogP contribution in [0.5, 0.6) is 5.75 Å². The zero-order valence-electron chi connectivity index (χ0n) is 10.9. The predicted octanol–water partition coefficient (Wildman–Crippen LogP) is 3.36. The molecule has 110 valence electrons. The van der Waals surface area contributed by atoms with Crippen molar-refractivity contribution >= 4 is 11.6 Å². The number of carbonyl (C=O) groups is 1. The number of alkyl halides is 3. The fourth-order valence-corrected chi connectivity index (χ4v) is 1.57. The summed E-state index contributed by atoms with van der Waals surface area (Å²) in [4.78, 5) is 15.1. The summed E-state index contributed by atoms with van der Waals surface area (Å²) in [5.74, 6) is 0.0885. The van der Waals surface area contributed by atoms with Gasteiger partial charge in [0.15, 0.2) is 0 Å². The Morgan fingerprint density at radius 1 is 1.14 bits per heavy atom. The maximum absolute atomic E-state index is 12.4. The number of halogens is 3. The van der Waals surface area contributed by atoms with Crippen molar-refractivity contribution < 1.29 is 22.7 Å². The number of carbonyl (C=O) groups excluding carboxylic acids is 1. The predicted molar refractivity (Wildman–Crippen MR) is 70.2 cm³/mol. The van der Waals surface area contributed by atoms with E-state index >= 15 is 0 Å². The van der Waals surface area contributed by atoms with Crippen molar-refractivity contribution in [3.8, 4) is 5.75 Å². The van der Waals surface area contributed by atoms with E-state index in [9.17, 15) is 18.0 Å². The molecular formula is C14H11F3N2O2. The number of ether oxygens (including phenoxy) is 1. The van der Waals surface area contributed by atoms with E-state index in [1.165, 1.54) is 7.11 Å². The molecule has 21 heavy (non-hydrogen) atoms. The summed E-state index contributed by atoms with van der Waals surface area (Å²) in [6.45, 7) is 0. The third-order valence-electron chi connectivity index (χ3n) is 2.66. The molecule has 1 heterocycles. The van der Waals surface area contributed by atoms with Crippen LogP contribution in [-0.4, -0.2) is 18.0 Å². The Bertz CT molecular complexity index is 622. The summed E-state index contributed by atoms with van der Waals surface area (Å²) in [5.41, 5.74) is -0.497. The standard InChI is InChI=1S/C14H11F3N2O2/c1-21-11-5-3-10(4-6-11)19-13(20)9-2-7-12(18-8-9)14(15,16)17/h2-8H,1H3,(H,19,20). The van der Waals surface area contributed by atoms with Crippen LogP contribution in [-0.2, 0) is 6.18 Å². The lowest BCUT2D eigenvalue weighted by molar-refractivity contribution is -0.141. The first kappa shape index (κ1) is 14.8. The third kappa shape index (κ3) is 3.71. The first-order chi connectivity index (χ1) is 9.90. The van der Waals surface area contributed by atoms with E-state index in [0.717, 1.165) is 18.3 Å². The SMILES string of the molecule is COc1ccc(NC(=O)c2ccc(C(F)(F)F)nc2)cc1. The number of anilines is 1. The second-order valence-electron chi connectivity index (χ2n) is 4.11. The second kappa shape index (κ2) is 5.82. The quantitative estimate of drug-likeness (QED) is 0.945. The van der Waals surface area contributed by atoms with E-state index < -0.39 is 17.8 Å². The molecule has 0 radical (unpaired) electrons. The molecule has 0 aliphatic carbocycles. The highest BCUT2D eigenvalue weighted by Crippen LogP contribution is 2.27. The van der Waals surface area contributed by atoms with Crippen molar-refractivity contribution in [1.29, 1.82) is 0 Å². The summed E-state index contributed by atoms with van der Waals surface area (Å²) in [5, 5.41) is 2.55. The van der Waals surface area contributed by atoms with Gasteiger partial charge in [-0.1, -0.05) is 0 Å². The summed E-state index contributed by atoms with van der Waals surface area (Å²) in [7, 11) is 1.52. The van der Waals surface area contributed by atoms with Crippen molar-refractivity contribution in [3.05, 3.63) is 53.9 Å². The molecule has 1 N–H and O–H groups in total. The van der Waals surface area contributed by atoms with Gasteiger partial charge in [0.2, 0.25) is 0 Å². The highest BCUT2D eigenvalue weighted by molar-refractivity contribution is 6.04. The molecule has 1 aromatic heterocycles. The summed E-state index contributed by atoms with van der Waals surface area (Å²) >= 11 is 0. The van der Waals surface area contributed by atoms with Crippen LogP contribution in [0.25, 0.3) is 0 Å². The van der Waals surface area contributed by atoms with Gasteiger partial charge in [-0.3, -0.25) is 9.78 Å². The van der Waals surface area contributed by atoms with Gasteiger partial charge in [0.1, 0.15) is 11.4 Å². The van der Waals surface area contributed by atoms with Crippen molar-refractivity contribution in [3.63, 3.8) is 0 Å². The smallest absolute Gasteiger partial charge is 0.433 e. The molecule has 0 aliphatic heterocycles. The number of amides is 1. The lowest BCUT2D eigenvalue weighted by atomic mass is 10.2. The molecule has 1 aromatic carbocycles. The summed E-state index contributed by atoms with van der Waals surface area (Å²) in [6, 6.07) is 8.39. The Morgan fingerprint density at radius 3 is 2.29 bits per heavy atom. The minimum atomic E-state index is -4.52. The molecule has 0 atom stereocenters. The number of nitrogens with one attached hydrogen (secondary N) is 1. The first-order valence-electron chi connectivity index (χ1n) is 5.89. The highest BCUT2D eigenvalue weighted by atomic mass is 19.4. The van der Waals surface area contributed by atoms with Gasteiger partial charge in [0.25, 0.3) is 5.91 Å². The second-order valence-corrected chi connectivity index (χ2v) is 4.11. The summed E-state index contributed by atoms with van der Waals surface area (Å²) < 4.78 is 42.1. The Hall–Kier alpha value is -2.57. The molecule has 0 bridgehead atoms. The Balaban J connectivity index is 2.09. The lowest BCUT2D eigenvalue weighted by Crippen LogP contribution is -2.14. The normalized spacial score (nSPS) is 11.0. The van der Waals surface area contributed by atoms with Crippen LogP contribution in [0.4, 0.5) is 18.9 Å². The van der Waals surface area contributed by atoms with Gasteiger partial charge in [-0.15, -0.1) is 0 Å². The fraction of sp³-hybridized carbons (Fsp3) is 0.143. The molecule has 0 spiro atoms. The van der Waals surface area contributed by atoms with E-state index in [-0.39, 0.29) is 5.56 Å². The van der Waals surface area contributed by atoms with Crippen LogP contribution in [0.1, 0.15) is 16.1 Å². The number of benzene rings is 1. The van der Waals surface area contributed by atoms with Crippen molar-refractivity contribution in [2.45, 2.75) is 6.18 Å². The van der Waals surface area contributed by atoms with Crippen LogP contribution in [0.3, 0.4) is 0 Å². The minimum absolute atomic E-state index is 0.0406. The fourth-order valence-electron chi connectivity index (χ4n) is 1.57. The van der Waals surface area contributed by atoms with Crippen molar-refractivity contribution in [2.75, 3.05) is 12.4 Å². The average Bonchev–Trinajstić information content (AvgIpc) is 2.47. The molecule has 2 aromatic rings.